The van der Waals surface area contributed by atoms with Crippen LogP contribution in [-0.2, 0) is 13.1 Å². The first kappa shape index (κ1) is 11.0. The lowest BCUT2D eigenvalue weighted by atomic mass is 10.2. The Kier molecular flexibility index (Phi) is 2.83. The second-order valence-corrected chi connectivity index (χ2v) is 4.11. The van der Waals surface area contributed by atoms with Crippen molar-refractivity contribution < 1.29 is 4.42 Å². The smallest absolute Gasteiger partial charge is 0.126 e. The molecule has 86 valence electrons. The van der Waals surface area contributed by atoms with Gasteiger partial charge in [0.2, 0.25) is 0 Å². The van der Waals surface area contributed by atoms with Gasteiger partial charge in [-0.05, 0) is 38.5 Å². The highest BCUT2D eigenvalue weighted by molar-refractivity contribution is 5.20. The average Bonchev–Trinajstić information content (AvgIpc) is 2.71. The van der Waals surface area contributed by atoms with Crippen LogP contribution >= 0.6 is 0 Å². The molecule has 16 heavy (non-hydrogen) atoms. The van der Waals surface area contributed by atoms with Gasteiger partial charge in [-0.3, -0.25) is 4.68 Å². The van der Waals surface area contributed by atoms with Crippen molar-refractivity contribution in [1.29, 1.82) is 0 Å². The second-order valence-electron chi connectivity index (χ2n) is 4.11. The van der Waals surface area contributed by atoms with Crippen molar-refractivity contribution >= 4 is 0 Å². The lowest BCUT2D eigenvalue weighted by molar-refractivity contribution is 0.441. The highest BCUT2D eigenvalue weighted by Gasteiger charge is 2.08. The fourth-order valence-corrected chi connectivity index (χ4v) is 1.85. The van der Waals surface area contributed by atoms with E-state index in [0.717, 1.165) is 28.5 Å². The van der Waals surface area contributed by atoms with Gasteiger partial charge in [0, 0.05) is 5.69 Å². The van der Waals surface area contributed by atoms with Gasteiger partial charge in [0.1, 0.15) is 11.5 Å². The topological polar surface area (TPSA) is 57.0 Å². The molecular formula is C12H17N3O. The zero-order valence-corrected chi connectivity index (χ0v) is 9.95. The highest BCUT2D eigenvalue weighted by atomic mass is 16.3. The second kappa shape index (κ2) is 4.14. The summed E-state index contributed by atoms with van der Waals surface area (Å²) in [5, 5.41) is 4.40. The Bertz CT molecular complexity index is 496. The van der Waals surface area contributed by atoms with Crippen molar-refractivity contribution in [2.45, 2.75) is 33.9 Å². The van der Waals surface area contributed by atoms with Crippen LogP contribution in [0.25, 0.3) is 0 Å². The fourth-order valence-electron chi connectivity index (χ4n) is 1.85. The maximum absolute atomic E-state index is 5.65. The van der Waals surface area contributed by atoms with Crippen LogP contribution < -0.4 is 5.73 Å². The third-order valence-electron chi connectivity index (χ3n) is 2.67. The van der Waals surface area contributed by atoms with Gasteiger partial charge in [0.05, 0.1) is 18.8 Å². The predicted octanol–water partition coefficient (Wildman–Crippen LogP) is 1.91. The van der Waals surface area contributed by atoms with Crippen LogP contribution in [0.3, 0.4) is 0 Å². The van der Waals surface area contributed by atoms with Gasteiger partial charge >= 0.3 is 0 Å². The molecule has 0 spiro atoms. The zero-order valence-electron chi connectivity index (χ0n) is 9.95. The number of aryl methyl sites for hydroxylation is 3. The third kappa shape index (κ3) is 2.02. The summed E-state index contributed by atoms with van der Waals surface area (Å²) in [4.78, 5) is 0. The van der Waals surface area contributed by atoms with Crippen LogP contribution in [0.15, 0.2) is 16.5 Å². The number of furan rings is 1. The lowest BCUT2D eigenvalue weighted by Crippen LogP contribution is -2.03. The molecule has 0 aromatic carbocycles. The number of hydrogen-bond acceptors (Lipinski definition) is 3. The Balaban J connectivity index is 2.23. The SMILES string of the molecule is Cc1cc(C)n(Cc2cc(C)c(CN)o2)n1. The quantitative estimate of drug-likeness (QED) is 0.857. The van der Waals surface area contributed by atoms with E-state index in [1.54, 1.807) is 0 Å². The molecule has 0 unspecified atom stereocenters. The molecule has 2 aromatic rings. The van der Waals surface area contributed by atoms with Gasteiger partial charge in [-0.25, -0.2) is 0 Å². The molecule has 0 atom stereocenters. The van der Waals surface area contributed by atoms with Gasteiger partial charge in [-0.15, -0.1) is 0 Å². The molecule has 0 bridgehead atoms. The number of nitrogens with zero attached hydrogens (tertiary/aromatic N) is 2. The normalized spacial score (nSPS) is 11.0. The van der Waals surface area contributed by atoms with Crippen molar-refractivity contribution in [2.75, 3.05) is 0 Å². The zero-order chi connectivity index (χ0) is 11.7. The fraction of sp³-hybridized carbons (Fsp3) is 0.417. The first-order valence-electron chi connectivity index (χ1n) is 5.39. The van der Waals surface area contributed by atoms with E-state index in [4.69, 9.17) is 10.2 Å². The van der Waals surface area contributed by atoms with Crippen LogP contribution in [-0.4, -0.2) is 9.78 Å². The number of nitrogens with two attached hydrogens (primary N) is 1. The first-order valence-corrected chi connectivity index (χ1v) is 5.39. The highest BCUT2D eigenvalue weighted by Crippen LogP contribution is 2.15. The summed E-state index contributed by atoms with van der Waals surface area (Å²) < 4.78 is 7.58. The molecule has 0 aliphatic rings. The van der Waals surface area contributed by atoms with Crippen LogP contribution in [0.5, 0.6) is 0 Å². The molecule has 2 rings (SSSR count). The number of hydrogen-bond donors (Lipinski definition) is 1. The van der Waals surface area contributed by atoms with Gasteiger partial charge in [0.25, 0.3) is 0 Å². The van der Waals surface area contributed by atoms with E-state index in [1.807, 2.05) is 31.5 Å². The maximum Gasteiger partial charge on any atom is 0.126 e. The molecule has 0 amide bonds. The molecule has 0 aliphatic carbocycles. The molecule has 2 N–H and O–H groups in total. The summed E-state index contributed by atoms with van der Waals surface area (Å²) in [5.41, 5.74) is 8.85. The summed E-state index contributed by atoms with van der Waals surface area (Å²) in [5.74, 6) is 1.76. The molecule has 0 fully saturated rings. The Morgan fingerprint density at radius 3 is 2.56 bits per heavy atom. The Hall–Kier alpha value is -1.55. The van der Waals surface area contributed by atoms with Crippen molar-refractivity contribution in [3.05, 3.63) is 40.6 Å². The standard InChI is InChI=1S/C12H17N3O/c1-8-4-11(16-12(8)6-13)7-15-10(3)5-9(2)14-15/h4-5H,6-7,13H2,1-3H3. The van der Waals surface area contributed by atoms with E-state index >= 15 is 0 Å². The van der Waals surface area contributed by atoms with Crippen molar-refractivity contribution in [2.24, 2.45) is 5.73 Å². The lowest BCUT2D eigenvalue weighted by Gasteiger charge is -2.00. The first-order chi connectivity index (χ1) is 7.60. The minimum absolute atomic E-state index is 0.447. The van der Waals surface area contributed by atoms with Crippen LogP contribution in [0, 0.1) is 20.8 Å². The van der Waals surface area contributed by atoms with E-state index < -0.39 is 0 Å². The average molecular weight is 219 g/mol. The van der Waals surface area contributed by atoms with Crippen molar-refractivity contribution in [1.82, 2.24) is 9.78 Å². The molecule has 2 aromatic heterocycles. The molecule has 2 heterocycles. The Morgan fingerprint density at radius 1 is 1.31 bits per heavy atom. The third-order valence-corrected chi connectivity index (χ3v) is 2.67. The van der Waals surface area contributed by atoms with E-state index in [9.17, 15) is 0 Å². The summed E-state index contributed by atoms with van der Waals surface area (Å²) in [6, 6.07) is 4.08. The predicted molar refractivity (Wildman–Crippen MR) is 62.1 cm³/mol. The van der Waals surface area contributed by atoms with Gasteiger partial charge in [-0.1, -0.05) is 0 Å². The molecule has 4 nitrogen and oxygen atoms in total. The van der Waals surface area contributed by atoms with Gasteiger partial charge in [0.15, 0.2) is 0 Å². The van der Waals surface area contributed by atoms with Gasteiger partial charge in [-0.2, -0.15) is 5.10 Å². The number of aromatic nitrogens is 2. The summed E-state index contributed by atoms with van der Waals surface area (Å²) in [7, 11) is 0. The Morgan fingerprint density at radius 2 is 2.06 bits per heavy atom. The minimum Gasteiger partial charge on any atom is -0.462 e. The van der Waals surface area contributed by atoms with Crippen LogP contribution in [0.2, 0.25) is 0 Å². The summed E-state index contributed by atoms with van der Waals surface area (Å²) in [6.45, 7) is 7.15. The Labute approximate surface area is 95.1 Å². The van der Waals surface area contributed by atoms with Crippen LogP contribution in [0.1, 0.15) is 28.5 Å². The van der Waals surface area contributed by atoms with E-state index in [2.05, 4.69) is 11.2 Å². The van der Waals surface area contributed by atoms with E-state index in [1.165, 1.54) is 0 Å². The monoisotopic (exact) mass is 219 g/mol. The molecular weight excluding hydrogens is 202 g/mol. The van der Waals surface area contributed by atoms with Gasteiger partial charge < -0.3 is 10.2 Å². The van der Waals surface area contributed by atoms with Crippen molar-refractivity contribution in [3.63, 3.8) is 0 Å². The molecule has 0 radical (unpaired) electrons. The minimum atomic E-state index is 0.447. The van der Waals surface area contributed by atoms with Crippen molar-refractivity contribution in [3.8, 4) is 0 Å². The molecule has 0 aliphatic heterocycles. The summed E-state index contributed by atoms with van der Waals surface area (Å²) >= 11 is 0. The van der Waals surface area contributed by atoms with E-state index in [-0.39, 0.29) is 0 Å². The number of rotatable bonds is 3. The molecule has 4 heteroatoms. The van der Waals surface area contributed by atoms with E-state index in [0.29, 0.717) is 13.1 Å². The molecule has 0 saturated carbocycles. The maximum atomic E-state index is 5.65. The largest absolute Gasteiger partial charge is 0.462 e. The summed E-state index contributed by atoms with van der Waals surface area (Å²) in [6.07, 6.45) is 0. The molecule has 0 saturated heterocycles. The van der Waals surface area contributed by atoms with Crippen LogP contribution in [0.4, 0.5) is 0 Å².